The van der Waals surface area contributed by atoms with Gasteiger partial charge in [0.15, 0.2) is 0 Å². The fourth-order valence-electron chi connectivity index (χ4n) is 1.16. The van der Waals surface area contributed by atoms with Crippen molar-refractivity contribution in [3.05, 3.63) is 0 Å². The topological polar surface area (TPSA) is 20.3 Å². The van der Waals surface area contributed by atoms with Crippen LogP contribution in [0.3, 0.4) is 0 Å². The molecule has 1 fully saturated rings. The van der Waals surface area contributed by atoms with Crippen molar-refractivity contribution in [3.63, 3.8) is 0 Å². The highest BCUT2D eigenvalue weighted by atomic mass is 79.9. The maximum Gasteiger partial charge on any atom is 0.223 e. The first kappa shape index (κ1) is 8.05. The summed E-state index contributed by atoms with van der Waals surface area (Å²) in [4.78, 5) is 13.0. The van der Waals surface area contributed by atoms with Crippen LogP contribution in [0.25, 0.3) is 0 Å². The minimum Gasteiger partial charge on any atom is -0.333 e. The molecule has 2 nitrogen and oxygen atoms in total. The zero-order valence-corrected chi connectivity index (χ0v) is 7.56. The van der Waals surface area contributed by atoms with Crippen LogP contribution in [0.5, 0.6) is 0 Å². The number of likely N-dealkylation sites (tertiary alicyclic amines) is 1. The molecule has 0 aromatic rings. The Morgan fingerprint density at radius 3 is 2.90 bits per heavy atom. The minimum atomic E-state index is 0.300. The predicted molar refractivity (Wildman–Crippen MR) is 44.0 cm³/mol. The second kappa shape index (κ2) is 3.96. The lowest BCUT2D eigenvalue weighted by Crippen LogP contribution is -2.28. The molecule has 1 rings (SSSR count). The van der Waals surface area contributed by atoms with Crippen LogP contribution >= 0.6 is 15.9 Å². The van der Waals surface area contributed by atoms with Gasteiger partial charge in [-0.05, 0) is 12.8 Å². The number of rotatable bonds is 1. The third-order valence-corrected chi connectivity index (χ3v) is 2.42. The molecule has 1 aliphatic heterocycles. The molecule has 0 radical (unpaired) electrons. The monoisotopic (exact) mass is 205 g/mol. The standard InChI is InChI=1S/C7H12BrNO/c8-6-9-5-3-1-2-4-7(9)10/h1-6H2. The van der Waals surface area contributed by atoms with E-state index in [2.05, 4.69) is 15.9 Å². The fraction of sp³-hybridized carbons (Fsp3) is 0.857. The van der Waals surface area contributed by atoms with E-state index in [1.165, 1.54) is 6.42 Å². The Morgan fingerprint density at radius 1 is 1.40 bits per heavy atom. The number of carbonyl (C=O) groups excluding carboxylic acids is 1. The number of hydrogen-bond donors (Lipinski definition) is 0. The van der Waals surface area contributed by atoms with Gasteiger partial charge in [0.05, 0.1) is 5.45 Å². The van der Waals surface area contributed by atoms with Crippen LogP contribution in [0, 0.1) is 0 Å². The van der Waals surface area contributed by atoms with Crippen LogP contribution in [0.1, 0.15) is 25.7 Å². The molecular formula is C7H12BrNO. The average molecular weight is 206 g/mol. The number of carbonyl (C=O) groups is 1. The summed E-state index contributed by atoms with van der Waals surface area (Å²) in [6.45, 7) is 0.935. The van der Waals surface area contributed by atoms with Gasteiger partial charge < -0.3 is 4.90 Å². The third-order valence-electron chi connectivity index (χ3n) is 1.82. The Labute approximate surface area is 69.7 Å². The molecule has 0 unspecified atom stereocenters. The molecule has 0 bridgehead atoms. The number of alkyl halides is 1. The first-order valence-electron chi connectivity index (χ1n) is 3.68. The molecule has 0 aromatic heterocycles. The Bertz CT molecular complexity index is 127. The maximum absolute atomic E-state index is 11.1. The van der Waals surface area contributed by atoms with E-state index in [9.17, 15) is 4.79 Å². The molecule has 0 aliphatic carbocycles. The number of hydrogen-bond acceptors (Lipinski definition) is 1. The summed E-state index contributed by atoms with van der Waals surface area (Å²) in [6, 6.07) is 0. The molecule has 1 aliphatic rings. The summed E-state index contributed by atoms with van der Waals surface area (Å²) in [5, 5.41) is 0. The van der Waals surface area contributed by atoms with E-state index >= 15 is 0 Å². The van der Waals surface area contributed by atoms with Crippen molar-refractivity contribution in [2.75, 3.05) is 12.0 Å². The van der Waals surface area contributed by atoms with Crippen molar-refractivity contribution in [3.8, 4) is 0 Å². The fourth-order valence-corrected chi connectivity index (χ4v) is 1.70. The number of nitrogens with zero attached hydrogens (tertiary/aromatic N) is 1. The highest BCUT2D eigenvalue weighted by Gasteiger charge is 2.14. The van der Waals surface area contributed by atoms with E-state index in [0.29, 0.717) is 11.4 Å². The number of halogens is 1. The second-order valence-corrected chi connectivity index (χ2v) is 3.09. The summed E-state index contributed by atoms with van der Waals surface area (Å²) >= 11 is 3.29. The first-order chi connectivity index (χ1) is 4.84. The Hall–Kier alpha value is -0.0500. The molecule has 0 aromatic carbocycles. The molecule has 1 saturated heterocycles. The van der Waals surface area contributed by atoms with Crippen LogP contribution in [0.15, 0.2) is 0 Å². The number of amides is 1. The lowest BCUT2D eigenvalue weighted by atomic mass is 10.2. The molecule has 1 heterocycles. The SMILES string of the molecule is O=C1CCCCCN1CBr. The summed E-state index contributed by atoms with van der Waals surface area (Å²) < 4.78 is 0. The van der Waals surface area contributed by atoms with Gasteiger partial charge >= 0.3 is 0 Å². The smallest absolute Gasteiger partial charge is 0.223 e. The van der Waals surface area contributed by atoms with E-state index in [1.807, 2.05) is 4.90 Å². The quantitative estimate of drug-likeness (QED) is 0.472. The van der Waals surface area contributed by atoms with Crippen molar-refractivity contribution < 1.29 is 4.79 Å². The third kappa shape index (κ3) is 1.97. The molecule has 1 amide bonds. The molecule has 0 atom stereocenters. The largest absolute Gasteiger partial charge is 0.333 e. The summed E-state index contributed by atoms with van der Waals surface area (Å²) in [5.74, 6) is 0.300. The van der Waals surface area contributed by atoms with Gasteiger partial charge in [0.1, 0.15) is 0 Å². The Balaban J connectivity index is 2.43. The van der Waals surface area contributed by atoms with Gasteiger partial charge in [-0.2, -0.15) is 0 Å². The normalized spacial score (nSPS) is 20.9. The zero-order valence-electron chi connectivity index (χ0n) is 5.98. The van der Waals surface area contributed by atoms with Gasteiger partial charge in [-0.1, -0.05) is 22.4 Å². The van der Waals surface area contributed by atoms with Crippen molar-refractivity contribution >= 4 is 21.8 Å². The lowest BCUT2D eigenvalue weighted by molar-refractivity contribution is -0.129. The zero-order chi connectivity index (χ0) is 7.40. The summed E-state index contributed by atoms with van der Waals surface area (Å²) in [5.41, 5.74) is 0.700. The van der Waals surface area contributed by atoms with Crippen molar-refractivity contribution in [2.45, 2.75) is 25.7 Å². The van der Waals surface area contributed by atoms with Crippen LogP contribution < -0.4 is 0 Å². The molecule has 0 N–H and O–H groups in total. The van der Waals surface area contributed by atoms with E-state index in [0.717, 1.165) is 25.8 Å². The van der Waals surface area contributed by atoms with E-state index in [4.69, 9.17) is 0 Å². The van der Waals surface area contributed by atoms with Gasteiger partial charge in [-0.25, -0.2) is 0 Å². The highest BCUT2D eigenvalue weighted by Crippen LogP contribution is 2.11. The predicted octanol–water partition coefficient (Wildman–Crippen LogP) is 1.74. The van der Waals surface area contributed by atoms with Gasteiger partial charge in [0.2, 0.25) is 5.91 Å². The van der Waals surface area contributed by atoms with Crippen LogP contribution in [0.2, 0.25) is 0 Å². The highest BCUT2D eigenvalue weighted by molar-refractivity contribution is 9.09. The Kier molecular flexibility index (Phi) is 3.19. The van der Waals surface area contributed by atoms with Gasteiger partial charge in [-0.3, -0.25) is 4.79 Å². The summed E-state index contributed by atoms with van der Waals surface area (Å²) in [6.07, 6.45) is 4.18. The Morgan fingerprint density at radius 2 is 2.20 bits per heavy atom. The van der Waals surface area contributed by atoms with Crippen LogP contribution in [-0.4, -0.2) is 22.8 Å². The molecule has 58 valence electrons. The van der Waals surface area contributed by atoms with Gasteiger partial charge in [-0.15, -0.1) is 0 Å². The molecule has 0 spiro atoms. The minimum absolute atomic E-state index is 0.300. The van der Waals surface area contributed by atoms with Crippen LogP contribution in [0.4, 0.5) is 0 Å². The van der Waals surface area contributed by atoms with E-state index in [1.54, 1.807) is 0 Å². The first-order valence-corrected chi connectivity index (χ1v) is 4.80. The summed E-state index contributed by atoms with van der Waals surface area (Å²) in [7, 11) is 0. The average Bonchev–Trinajstić information content (AvgIpc) is 2.13. The van der Waals surface area contributed by atoms with Crippen molar-refractivity contribution in [2.24, 2.45) is 0 Å². The molecular weight excluding hydrogens is 194 g/mol. The molecule has 3 heteroatoms. The van der Waals surface area contributed by atoms with Crippen molar-refractivity contribution in [1.82, 2.24) is 4.90 Å². The van der Waals surface area contributed by atoms with Crippen LogP contribution in [-0.2, 0) is 4.79 Å². The van der Waals surface area contributed by atoms with Crippen molar-refractivity contribution in [1.29, 1.82) is 0 Å². The lowest BCUT2D eigenvalue weighted by Gasteiger charge is -2.15. The van der Waals surface area contributed by atoms with Gasteiger partial charge in [0, 0.05) is 13.0 Å². The molecule has 0 saturated carbocycles. The van der Waals surface area contributed by atoms with Gasteiger partial charge in [0.25, 0.3) is 0 Å². The van der Waals surface area contributed by atoms with E-state index < -0.39 is 0 Å². The molecule has 10 heavy (non-hydrogen) atoms. The van der Waals surface area contributed by atoms with E-state index in [-0.39, 0.29) is 0 Å². The maximum atomic E-state index is 11.1. The second-order valence-electron chi connectivity index (χ2n) is 2.59.